The number of aromatic nitrogens is 1. The Labute approximate surface area is 201 Å². The van der Waals surface area contributed by atoms with E-state index in [-0.39, 0.29) is 5.41 Å². The average Bonchev–Trinajstić information content (AvgIpc) is 3.30. The van der Waals surface area contributed by atoms with E-state index in [1.807, 2.05) is 12.3 Å². The Bertz CT molecular complexity index is 1580. The summed E-state index contributed by atoms with van der Waals surface area (Å²) in [7, 11) is 0. The van der Waals surface area contributed by atoms with E-state index in [4.69, 9.17) is 9.40 Å². The van der Waals surface area contributed by atoms with Gasteiger partial charge in [-0.2, -0.15) is 0 Å². The summed E-state index contributed by atoms with van der Waals surface area (Å²) in [4.78, 5) is 4.69. The molecule has 0 radical (unpaired) electrons. The first-order chi connectivity index (χ1) is 16.3. The Morgan fingerprint density at radius 3 is 2.26 bits per heavy atom. The molecule has 0 fully saturated rings. The zero-order valence-corrected chi connectivity index (χ0v) is 20.9. The topological polar surface area (TPSA) is 26.0 Å². The van der Waals surface area contributed by atoms with Crippen LogP contribution in [0, 0.1) is 25.7 Å². The van der Waals surface area contributed by atoms with Crippen LogP contribution in [-0.4, -0.2) is 4.98 Å². The molecule has 2 nitrogen and oxygen atoms in total. The monoisotopic (exact) mass is 445 g/mol. The van der Waals surface area contributed by atoms with Crippen LogP contribution in [0.15, 0.2) is 71.3 Å². The van der Waals surface area contributed by atoms with E-state index in [0.29, 0.717) is 11.8 Å². The van der Waals surface area contributed by atoms with E-state index in [0.717, 1.165) is 27.8 Å². The molecule has 2 heterocycles. The molecule has 3 aromatic carbocycles. The van der Waals surface area contributed by atoms with E-state index in [9.17, 15) is 0 Å². The fourth-order valence-corrected chi connectivity index (χ4v) is 6.67. The molecule has 0 N–H and O–H groups in total. The van der Waals surface area contributed by atoms with Crippen molar-refractivity contribution in [3.8, 4) is 22.4 Å². The lowest BCUT2D eigenvalue weighted by molar-refractivity contribution is 0.280. The fraction of sp³-hybridized carbons (Fsp3) is 0.281. The van der Waals surface area contributed by atoms with Gasteiger partial charge in [0.25, 0.3) is 0 Å². The van der Waals surface area contributed by atoms with E-state index in [1.165, 1.54) is 38.8 Å². The van der Waals surface area contributed by atoms with Gasteiger partial charge in [0, 0.05) is 27.9 Å². The Morgan fingerprint density at radius 2 is 1.53 bits per heavy atom. The minimum Gasteiger partial charge on any atom is -0.455 e. The molecule has 0 saturated heterocycles. The van der Waals surface area contributed by atoms with Crippen LogP contribution in [0.4, 0.5) is 0 Å². The highest BCUT2D eigenvalue weighted by atomic mass is 16.3. The number of nitrogens with zero attached hydrogens (tertiary/aromatic N) is 1. The molecule has 170 valence electrons. The van der Waals surface area contributed by atoms with Crippen LogP contribution >= 0.6 is 0 Å². The molecular weight excluding hydrogens is 414 g/mol. The van der Waals surface area contributed by atoms with Crippen LogP contribution in [-0.2, 0) is 5.41 Å². The van der Waals surface area contributed by atoms with Gasteiger partial charge in [-0.1, -0.05) is 64.1 Å². The minimum absolute atomic E-state index is 0.0318. The van der Waals surface area contributed by atoms with Crippen molar-refractivity contribution >= 4 is 21.9 Å². The zero-order chi connectivity index (χ0) is 23.8. The normalized spacial score (nSPS) is 14.4. The molecule has 0 saturated carbocycles. The van der Waals surface area contributed by atoms with Crippen molar-refractivity contribution < 1.29 is 4.42 Å². The lowest BCUT2D eigenvalue weighted by Crippen LogP contribution is -2.37. The third-order valence-electron chi connectivity index (χ3n) is 8.09. The molecule has 2 aromatic heterocycles. The third-order valence-corrected chi connectivity index (χ3v) is 8.09. The highest BCUT2D eigenvalue weighted by molar-refractivity contribution is 6.12. The summed E-state index contributed by atoms with van der Waals surface area (Å²) >= 11 is 0. The molecule has 0 aliphatic heterocycles. The van der Waals surface area contributed by atoms with E-state index in [2.05, 4.69) is 96.1 Å². The van der Waals surface area contributed by atoms with Gasteiger partial charge in [0.1, 0.15) is 11.2 Å². The van der Waals surface area contributed by atoms with Gasteiger partial charge in [-0.3, -0.25) is 4.98 Å². The second-order valence-corrected chi connectivity index (χ2v) is 10.6. The molecule has 0 unspecified atom stereocenters. The predicted molar refractivity (Wildman–Crippen MR) is 142 cm³/mol. The zero-order valence-electron chi connectivity index (χ0n) is 20.9. The molecule has 5 aromatic rings. The van der Waals surface area contributed by atoms with Crippen molar-refractivity contribution in [2.45, 2.75) is 47.0 Å². The number of hydrogen-bond donors (Lipinski definition) is 0. The van der Waals surface area contributed by atoms with Crippen LogP contribution in [0.3, 0.4) is 0 Å². The van der Waals surface area contributed by atoms with E-state index >= 15 is 0 Å². The molecule has 34 heavy (non-hydrogen) atoms. The summed E-state index contributed by atoms with van der Waals surface area (Å²) in [5.74, 6) is 0.928. The summed E-state index contributed by atoms with van der Waals surface area (Å²) < 4.78 is 6.70. The number of pyridine rings is 1. The van der Waals surface area contributed by atoms with Gasteiger partial charge in [-0.05, 0) is 83.3 Å². The number of furan rings is 1. The first-order valence-corrected chi connectivity index (χ1v) is 12.4. The maximum atomic E-state index is 6.70. The van der Waals surface area contributed by atoms with Crippen LogP contribution in [0.2, 0.25) is 0 Å². The van der Waals surface area contributed by atoms with Crippen LogP contribution in [0.25, 0.3) is 44.3 Å². The lowest BCUT2D eigenvalue weighted by Gasteiger charge is -2.40. The molecule has 0 bridgehead atoms. The highest BCUT2D eigenvalue weighted by Gasteiger charge is 2.48. The van der Waals surface area contributed by atoms with Crippen molar-refractivity contribution in [1.29, 1.82) is 0 Å². The second-order valence-electron chi connectivity index (χ2n) is 10.6. The van der Waals surface area contributed by atoms with Gasteiger partial charge in [0.05, 0.1) is 5.69 Å². The number of aryl methyl sites for hydroxylation is 2. The lowest BCUT2D eigenvalue weighted by atomic mass is 9.63. The Hall–Kier alpha value is -3.39. The Balaban J connectivity index is 1.71. The smallest absolute Gasteiger partial charge is 0.145 e. The average molecular weight is 446 g/mol. The van der Waals surface area contributed by atoms with Crippen molar-refractivity contribution in [2.24, 2.45) is 11.8 Å². The van der Waals surface area contributed by atoms with Crippen molar-refractivity contribution in [3.63, 3.8) is 0 Å². The number of fused-ring (bicyclic) bond motifs is 6. The predicted octanol–water partition coefficient (Wildman–Crippen LogP) is 8.84. The fourth-order valence-electron chi connectivity index (χ4n) is 6.67. The van der Waals surface area contributed by atoms with Crippen LogP contribution < -0.4 is 0 Å². The largest absolute Gasteiger partial charge is 0.455 e. The number of rotatable bonds is 3. The van der Waals surface area contributed by atoms with E-state index < -0.39 is 0 Å². The summed E-state index contributed by atoms with van der Waals surface area (Å²) in [5, 5.41) is 2.34. The SMILES string of the molecule is Cc1ccnc(-c2c(C)ccc3c2oc2cc4c(cc23)-c2ccccc2C4(C(C)C)C(C)C)c1. The first-order valence-electron chi connectivity index (χ1n) is 12.4. The van der Waals surface area contributed by atoms with Crippen LogP contribution in [0.5, 0.6) is 0 Å². The number of hydrogen-bond acceptors (Lipinski definition) is 2. The van der Waals surface area contributed by atoms with Gasteiger partial charge in [-0.15, -0.1) is 0 Å². The quantitative estimate of drug-likeness (QED) is 0.277. The molecule has 0 spiro atoms. The molecule has 0 atom stereocenters. The van der Waals surface area contributed by atoms with Gasteiger partial charge < -0.3 is 4.42 Å². The van der Waals surface area contributed by atoms with Gasteiger partial charge >= 0.3 is 0 Å². The molecule has 0 amide bonds. The number of benzene rings is 3. The van der Waals surface area contributed by atoms with E-state index in [1.54, 1.807) is 0 Å². The van der Waals surface area contributed by atoms with Crippen molar-refractivity contribution in [3.05, 3.63) is 89.1 Å². The van der Waals surface area contributed by atoms with Gasteiger partial charge in [0.2, 0.25) is 0 Å². The standard InChI is InChI=1S/C32H31NO/c1-18(2)32(19(3)4)26-10-8-7-9-22(26)24-16-25-23-12-11-21(6)30(28-15-20(5)13-14-33-28)31(23)34-29(25)17-27(24)32/h7-19H,1-6H3. The summed E-state index contributed by atoms with van der Waals surface area (Å²) in [6.07, 6.45) is 1.89. The maximum absolute atomic E-state index is 6.70. The molecule has 1 aliphatic rings. The molecular formula is C32H31NO. The Kier molecular flexibility index (Phi) is 4.55. The summed E-state index contributed by atoms with van der Waals surface area (Å²) in [5.41, 5.74) is 11.9. The van der Waals surface area contributed by atoms with Gasteiger partial charge in [0.15, 0.2) is 0 Å². The highest BCUT2D eigenvalue weighted by Crippen LogP contribution is 2.57. The van der Waals surface area contributed by atoms with Crippen molar-refractivity contribution in [2.75, 3.05) is 0 Å². The second kappa shape index (κ2) is 7.30. The van der Waals surface area contributed by atoms with Crippen molar-refractivity contribution in [1.82, 2.24) is 4.98 Å². The minimum atomic E-state index is -0.0318. The Morgan fingerprint density at radius 1 is 0.765 bits per heavy atom. The molecule has 1 aliphatic carbocycles. The summed E-state index contributed by atoms with van der Waals surface area (Å²) in [6, 6.07) is 22.3. The molecule has 6 rings (SSSR count). The first kappa shape index (κ1) is 21.2. The van der Waals surface area contributed by atoms with Crippen LogP contribution in [0.1, 0.15) is 49.9 Å². The molecule has 2 heteroatoms. The maximum Gasteiger partial charge on any atom is 0.145 e. The summed E-state index contributed by atoms with van der Waals surface area (Å²) in [6.45, 7) is 13.7. The van der Waals surface area contributed by atoms with Gasteiger partial charge in [-0.25, -0.2) is 0 Å². The third kappa shape index (κ3) is 2.66.